The highest BCUT2D eigenvalue weighted by molar-refractivity contribution is 6.35. The molecule has 0 aliphatic rings. The Bertz CT molecular complexity index is 1330. The van der Waals surface area contributed by atoms with E-state index in [2.05, 4.69) is 10.3 Å². The first kappa shape index (κ1) is 27.7. The van der Waals surface area contributed by atoms with Gasteiger partial charge in [-0.2, -0.15) is 0 Å². The molecule has 9 heteroatoms. The predicted octanol–water partition coefficient (Wildman–Crippen LogP) is 6.66. The highest BCUT2D eigenvalue weighted by Gasteiger charge is 2.21. The van der Waals surface area contributed by atoms with Crippen molar-refractivity contribution in [2.75, 3.05) is 6.61 Å². The van der Waals surface area contributed by atoms with Crippen LogP contribution >= 0.6 is 35.6 Å². The van der Waals surface area contributed by atoms with Crippen LogP contribution in [0.3, 0.4) is 0 Å². The molecule has 0 aliphatic carbocycles. The van der Waals surface area contributed by atoms with Gasteiger partial charge in [0.1, 0.15) is 12.6 Å². The van der Waals surface area contributed by atoms with Gasteiger partial charge < -0.3 is 19.6 Å². The van der Waals surface area contributed by atoms with Gasteiger partial charge in [0.2, 0.25) is 0 Å². The zero-order chi connectivity index (χ0) is 24.8. The molecule has 0 bridgehead atoms. The number of hydrogen-bond donors (Lipinski definition) is 3. The summed E-state index contributed by atoms with van der Waals surface area (Å²) in [5.41, 5.74) is 3.49. The van der Waals surface area contributed by atoms with Crippen LogP contribution in [0.1, 0.15) is 23.6 Å². The monoisotopic (exact) mass is 548 g/mol. The van der Waals surface area contributed by atoms with Crippen LogP contribution in [0.25, 0.3) is 10.9 Å². The molecule has 0 saturated heterocycles. The Morgan fingerprint density at radius 1 is 1.03 bits per heavy atom. The van der Waals surface area contributed by atoms with E-state index in [0.717, 1.165) is 27.6 Å². The Morgan fingerprint density at radius 2 is 1.83 bits per heavy atom. The molecule has 1 unspecified atom stereocenters. The van der Waals surface area contributed by atoms with E-state index >= 15 is 0 Å². The average Bonchev–Trinajstić information content (AvgIpc) is 3.25. The van der Waals surface area contributed by atoms with Crippen molar-refractivity contribution < 1.29 is 19.4 Å². The molecular weight excluding hydrogens is 523 g/mol. The van der Waals surface area contributed by atoms with Gasteiger partial charge in [-0.1, -0.05) is 59.6 Å². The molecule has 6 nitrogen and oxygen atoms in total. The Hall–Kier alpha value is -2.90. The molecule has 0 saturated carbocycles. The van der Waals surface area contributed by atoms with E-state index in [-0.39, 0.29) is 25.6 Å². The SMILES string of the molecule is CCOc1cccc(CNC(Cc2c[nH]c3ccccc23)C(=O)O)c1OCc1ccc(Cl)cc1Cl.Cl. The van der Waals surface area contributed by atoms with Crippen LogP contribution in [0.2, 0.25) is 10.0 Å². The number of nitrogens with one attached hydrogen (secondary N) is 2. The van der Waals surface area contributed by atoms with Crippen molar-refractivity contribution in [3.63, 3.8) is 0 Å². The van der Waals surface area contributed by atoms with Crippen LogP contribution in [0.4, 0.5) is 0 Å². The first-order valence-corrected chi connectivity index (χ1v) is 12.0. The number of ether oxygens (including phenoxy) is 2. The summed E-state index contributed by atoms with van der Waals surface area (Å²) >= 11 is 12.3. The van der Waals surface area contributed by atoms with Crippen LogP contribution in [0, 0.1) is 0 Å². The van der Waals surface area contributed by atoms with Crippen molar-refractivity contribution >= 4 is 52.5 Å². The van der Waals surface area contributed by atoms with E-state index < -0.39 is 12.0 Å². The molecule has 3 aromatic carbocycles. The number of benzene rings is 3. The van der Waals surface area contributed by atoms with Gasteiger partial charge in [0.05, 0.1) is 6.61 Å². The maximum absolute atomic E-state index is 12.1. The molecule has 0 fully saturated rings. The second-order valence-electron chi connectivity index (χ2n) is 8.04. The first-order valence-electron chi connectivity index (χ1n) is 11.3. The Balaban J connectivity index is 0.00000361. The molecule has 190 valence electrons. The van der Waals surface area contributed by atoms with Gasteiger partial charge in [-0.05, 0) is 36.8 Å². The summed E-state index contributed by atoms with van der Waals surface area (Å²) in [6, 6.07) is 17.9. The van der Waals surface area contributed by atoms with Crippen LogP contribution in [0.5, 0.6) is 11.5 Å². The van der Waals surface area contributed by atoms with E-state index in [0.29, 0.717) is 34.6 Å². The molecule has 0 aliphatic heterocycles. The number of carbonyl (C=O) groups is 1. The third-order valence-electron chi connectivity index (χ3n) is 5.68. The summed E-state index contributed by atoms with van der Waals surface area (Å²) in [5, 5.41) is 15.1. The maximum atomic E-state index is 12.1. The lowest BCUT2D eigenvalue weighted by molar-refractivity contribution is -0.139. The first-order chi connectivity index (χ1) is 17.0. The summed E-state index contributed by atoms with van der Waals surface area (Å²) in [4.78, 5) is 15.3. The minimum Gasteiger partial charge on any atom is -0.490 e. The highest BCUT2D eigenvalue weighted by atomic mass is 35.5. The zero-order valence-electron chi connectivity index (χ0n) is 19.6. The van der Waals surface area contributed by atoms with Gasteiger partial charge in [-0.3, -0.25) is 10.1 Å². The number of aromatic amines is 1. The predicted molar refractivity (Wildman–Crippen MR) is 146 cm³/mol. The van der Waals surface area contributed by atoms with Crippen LogP contribution in [0.15, 0.2) is 66.9 Å². The van der Waals surface area contributed by atoms with E-state index in [1.165, 1.54) is 0 Å². The normalized spacial score (nSPS) is 11.6. The number of aromatic nitrogens is 1. The number of hydrogen-bond acceptors (Lipinski definition) is 4. The molecule has 1 heterocycles. The minimum atomic E-state index is -0.924. The summed E-state index contributed by atoms with van der Waals surface area (Å²) in [6.07, 6.45) is 2.20. The zero-order valence-corrected chi connectivity index (χ0v) is 21.9. The lowest BCUT2D eigenvalue weighted by atomic mass is 10.0. The van der Waals surface area contributed by atoms with E-state index in [9.17, 15) is 9.90 Å². The summed E-state index contributed by atoms with van der Waals surface area (Å²) in [7, 11) is 0. The number of carboxylic acid groups (broad SMARTS) is 1. The molecule has 1 aromatic heterocycles. The van der Waals surface area contributed by atoms with Gasteiger partial charge in [0.15, 0.2) is 11.5 Å². The second-order valence-corrected chi connectivity index (χ2v) is 8.88. The smallest absolute Gasteiger partial charge is 0.321 e. The van der Waals surface area contributed by atoms with Crippen molar-refractivity contribution in [1.29, 1.82) is 0 Å². The molecule has 1 atom stereocenters. The van der Waals surface area contributed by atoms with E-state index in [1.807, 2.05) is 61.7 Å². The minimum absolute atomic E-state index is 0. The maximum Gasteiger partial charge on any atom is 0.321 e. The lowest BCUT2D eigenvalue weighted by Gasteiger charge is -2.19. The summed E-state index contributed by atoms with van der Waals surface area (Å²) < 4.78 is 11.9. The van der Waals surface area contributed by atoms with Crippen molar-refractivity contribution in [2.24, 2.45) is 0 Å². The second kappa shape index (κ2) is 12.9. The van der Waals surface area contributed by atoms with Crippen LogP contribution < -0.4 is 14.8 Å². The summed E-state index contributed by atoms with van der Waals surface area (Å²) in [6.45, 7) is 2.86. The fraction of sp³-hybridized carbons (Fsp3) is 0.222. The summed E-state index contributed by atoms with van der Waals surface area (Å²) in [5.74, 6) is 0.205. The highest BCUT2D eigenvalue weighted by Crippen LogP contribution is 2.33. The molecular formula is C27H27Cl3N2O4. The standard InChI is InChI=1S/C27H26Cl2N2O4.ClH/c1-2-34-25-9-5-6-17(26(25)35-16-18-10-11-20(28)13-22(18)29)14-31-24(27(32)33)12-19-15-30-23-8-4-3-7-21(19)23;/h3-11,13,15,24,30-31H,2,12,14,16H2,1H3,(H,32,33);1H. The molecule has 3 N–H and O–H groups in total. The van der Waals surface area contributed by atoms with E-state index in [1.54, 1.807) is 12.1 Å². The average molecular weight is 550 g/mol. The number of carboxylic acids is 1. The van der Waals surface area contributed by atoms with Crippen LogP contribution in [-0.2, 0) is 24.4 Å². The lowest BCUT2D eigenvalue weighted by Crippen LogP contribution is -2.38. The van der Waals surface area contributed by atoms with Gasteiger partial charge in [0.25, 0.3) is 0 Å². The molecule has 4 rings (SSSR count). The third kappa shape index (κ3) is 6.65. The fourth-order valence-electron chi connectivity index (χ4n) is 3.92. The molecule has 0 radical (unpaired) electrons. The Morgan fingerprint density at radius 3 is 2.58 bits per heavy atom. The van der Waals surface area contributed by atoms with E-state index in [4.69, 9.17) is 32.7 Å². The largest absolute Gasteiger partial charge is 0.490 e. The number of para-hydroxylation sites is 2. The van der Waals surface area contributed by atoms with Gasteiger partial charge in [0, 0.05) is 51.2 Å². The number of fused-ring (bicyclic) bond motifs is 1. The molecule has 0 spiro atoms. The number of rotatable bonds is 11. The fourth-order valence-corrected chi connectivity index (χ4v) is 4.39. The Kier molecular flexibility index (Phi) is 9.90. The Labute approximate surface area is 225 Å². The quantitative estimate of drug-likeness (QED) is 0.195. The van der Waals surface area contributed by atoms with Crippen molar-refractivity contribution in [1.82, 2.24) is 10.3 Å². The van der Waals surface area contributed by atoms with Gasteiger partial charge in [-0.15, -0.1) is 12.4 Å². The molecule has 36 heavy (non-hydrogen) atoms. The number of aliphatic carboxylic acids is 1. The van der Waals surface area contributed by atoms with Gasteiger partial charge >= 0.3 is 5.97 Å². The van der Waals surface area contributed by atoms with Gasteiger partial charge in [-0.25, -0.2) is 0 Å². The third-order valence-corrected chi connectivity index (χ3v) is 6.27. The van der Waals surface area contributed by atoms with Crippen molar-refractivity contribution in [3.05, 3.63) is 93.6 Å². The van der Waals surface area contributed by atoms with Crippen molar-refractivity contribution in [2.45, 2.75) is 32.5 Å². The molecule has 4 aromatic rings. The van der Waals surface area contributed by atoms with Crippen molar-refractivity contribution in [3.8, 4) is 11.5 Å². The number of H-pyrrole nitrogens is 1. The number of halogens is 3. The molecule has 0 amide bonds. The van der Waals surface area contributed by atoms with Crippen LogP contribution in [-0.4, -0.2) is 28.7 Å². The topological polar surface area (TPSA) is 83.6 Å².